The average molecular weight is 403 g/mol. The normalized spacial score (nSPS) is 10.9. The number of ether oxygens (including phenoxy) is 1. The largest absolute Gasteiger partial charge is 0.441 e. The van der Waals surface area contributed by atoms with Gasteiger partial charge >= 0.3 is 0 Å². The summed E-state index contributed by atoms with van der Waals surface area (Å²) in [5.74, 6) is 0.684. The zero-order valence-corrected chi connectivity index (χ0v) is 15.5. The summed E-state index contributed by atoms with van der Waals surface area (Å²) in [4.78, 5) is 16.8. The molecular weight excluding hydrogens is 391 g/mol. The number of rotatable bonds is 4. The number of aryl methyl sites for hydroxylation is 1. The molecule has 2 heterocycles. The van der Waals surface area contributed by atoms with E-state index in [2.05, 4.69) is 10.3 Å². The van der Waals surface area contributed by atoms with Crippen LogP contribution in [-0.2, 0) is 0 Å². The Morgan fingerprint density at radius 1 is 1.07 bits per heavy atom. The van der Waals surface area contributed by atoms with Gasteiger partial charge in [-0.25, -0.2) is 4.98 Å². The van der Waals surface area contributed by atoms with Crippen molar-refractivity contribution in [1.29, 1.82) is 0 Å². The van der Waals surface area contributed by atoms with Crippen molar-refractivity contribution in [3.05, 3.63) is 70.2 Å². The smallest absolute Gasteiger partial charge is 0.291 e. The number of benzene rings is 2. The molecular formula is C19H12Cl2N2O4. The Bertz CT molecular complexity index is 1130. The SMILES string of the molecule is Cc1nc2c(NC(=O)c3ccc(Oc4cc(Cl)cc(Cl)c4)o3)cccc2o1. The van der Waals surface area contributed by atoms with E-state index in [0.717, 1.165) is 0 Å². The number of hydrogen-bond donors (Lipinski definition) is 1. The van der Waals surface area contributed by atoms with E-state index in [1.807, 2.05) is 0 Å². The Hall–Kier alpha value is -2.96. The number of nitrogens with one attached hydrogen (secondary N) is 1. The molecule has 0 unspecified atom stereocenters. The summed E-state index contributed by atoms with van der Waals surface area (Å²) >= 11 is 11.9. The first-order valence-electron chi connectivity index (χ1n) is 7.89. The maximum Gasteiger partial charge on any atom is 0.291 e. The summed E-state index contributed by atoms with van der Waals surface area (Å²) in [5, 5.41) is 3.61. The van der Waals surface area contributed by atoms with Crippen molar-refractivity contribution in [3.63, 3.8) is 0 Å². The molecule has 136 valence electrons. The molecule has 6 nitrogen and oxygen atoms in total. The molecule has 0 aliphatic carbocycles. The Morgan fingerprint density at radius 3 is 2.63 bits per heavy atom. The number of furan rings is 1. The molecule has 0 radical (unpaired) electrons. The molecule has 2 aromatic heterocycles. The average Bonchev–Trinajstić information content (AvgIpc) is 3.20. The summed E-state index contributed by atoms with van der Waals surface area (Å²) < 4.78 is 16.5. The molecule has 8 heteroatoms. The lowest BCUT2D eigenvalue weighted by molar-refractivity contribution is 0.0992. The highest BCUT2D eigenvalue weighted by Gasteiger charge is 2.16. The first-order valence-corrected chi connectivity index (χ1v) is 8.65. The van der Waals surface area contributed by atoms with Gasteiger partial charge in [-0.3, -0.25) is 4.79 Å². The van der Waals surface area contributed by atoms with E-state index < -0.39 is 5.91 Å². The lowest BCUT2D eigenvalue weighted by atomic mass is 10.2. The number of aromatic nitrogens is 1. The van der Waals surface area contributed by atoms with Crippen molar-refractivity contribution >= 4 is 45.9 Å². The van der Waals surface area contributed by atoms with E-state index in [1.165, 1.54) is 12.1 Å². The second-order valence-electron chi connectivity index (χ2n) is 5.67. The molecule has 0 saturated carbocycles. The van der Waals surface area contributed by atoms with E-state index in [-0.39, 0.29) is 11.7 Å². The fourth-order valence-electron chi connectivity index (χ4n) is 2.54. The molecule has 4 rings (SSSR count). The zero-order chi connectivity index (χ0) is 19.0. The molecule has 0 fully saturated rings. The molecule has 0 aliphatic heterocycles. The number of amides is 1. The summed E-state index contributed by atoms with van der Waals surface area (Å²) in [6.07, 6.45) is 0. The Kier molecular flexibility index (Phi) is 4.51. The van der Waals surface area contributed by atoms with Crippen molar-refractivity contribution in [1.82, 2.24) is 4.98 Å². The highest BCUT2D eigenvalue weighted by Crippen LogP contribution is 2.30. The third-order valence-corrected chi connectivity index (χ3v) is 4.07. The van der Waals surface area contributed by atoms with Crippen molar-refractivity contribution in [2.24, 2.45) is 0 Å². The van der Waals surface area contributed by atoms with Crippen LogP contribution in [0.15, 0.2) is 57.4 Å². The van der Waals surface area contributed by atoms with Gasteiger partial charge in [-0.15, -0.1) is 0 Å². The van der Waals surface area contributed by atoms with E-state index in [9.17, 15) is 4.79 Å². The number of halogens is 2. The third-order valence-electron chi connectivity index (χ3n) is 3.63. The van der Waals surface area contributed by atoms with Gasteiger partial charge < -0.3 is 18.9 Å². The summed E-state index contributed by atoms with van der Waals surface area (Å²) in [6, 6.07) is 13.1. The molecule has 27 heavy (non-hydrogen) atoms. The van der Waals surface area contributed by atoms with Crippen LogP contribution >= 0.6 is 23.2 Å². The highest BCUT2D eigenvalue weighted by molar-refractivity contribution is 6.34. The predicted molar refractivity (Wildman–Crippen MR) is 102 cm³/mol. The zero-order valence-electron chi connectivity index (χ0n) is 14.0. The first-order chi connectivity index (χ1) is 13.0. The number of carbonyl (C=O) groups is 1. The second-order valence-corrected chi connectivity index (χ2v) is 6.54. The van der Waals surface area contributed by atoms with Gasteiger partial charge in [0.05, 0.1) is 5.69 Å². The van der Waals surface area contributed by atoms with Crippen LogP contribution in [0.3, 0.4) is 0 Å². The van der Waals surface area contributed by atoms with Crippen molar-refractivity contribution < 1.29 is 18.4 Å². The maximum atomic E-state index is 12.5. The maximum absolute atomic E-state index is 12.5. The van der Waals surface area contributed by atoms with Crippen LogP contribution in [0.4, 0.5) is 5.69 Å². The quantitative estimate of drug-likeness (QED) is 0.447. The van der Waals surface area contributed by atoms with Gasteiger partial charge in [0.15, 0.2) is 17.2 Å². The minimum Gasteiger partial charge on any atom is -0.441 e. The first kappa shape index (κ1) is 17.5. The van der Waals surface area contributed by atoms with E-state index in [0.29, 0.717) is 38.5 Å². The molecule has 0 saturated heterocycles. The number of oxazole rings is 1. The second kappa shape index (κ2) is 6.98. The van der Waals surface area contributed by atoms with Gasteiger partial charge in [0.1, 0.15) is 11.3 Å². The third kappa shape index (κ3) is 3.77. The van der Waals surface area contributed by atoms with Crippen LogP contribution in [0.1, 0.15) is 16.4 Å². The van der Waals surface area contributed by atoms with Gasteiger partial charge in [-0.1, -0.05) is 29.3 Å². The summed E-state index contributed by atoms with van der Waals surface area (Å²) in [6.45, 7) is 1.74. The van der Waals surface area contributed by atoms with E-state index >= 15 is 0 Å². The van der Waals surface area contributed by atoms with Gasteiger partial charge in [0.2, 0.25) is 0 Å². The molecule has 0 spiro atoms. The number of para-hydroxylation sites is 1. The van der Waals surface area contributed by atoms with Gasteiger partial charge in [0.25, 0.3) is 11.9 Å². The van der Waals surface area contributed by atoms with Crippen LogP contribution in [-0.4, -0.2) is 10.9 Å². The molecule has 4 aromatic rings. The molecule has 0 bridgehead atoms. The Balaban J connectivity index is 1.53. The van der Waals surface area contributed by atoms with Gasteiger partial charge in [-0.2, -0.15) is 0 Å². The Labute approximate surface area is 163 Å². The predicted octanol–water partition coefficient (Wildman–Crippen LogP) is 6.08. The number of fused-ring (bicyclic) bond motifs is 1. The van der Waals surface area contributed by atoms with Crippen LogP contribution in [0.25, 0.3) is 11.1 Å². The Morgan fingerprint density at radius 2 is 1.85 bits per heavy atom. The lowest BCUT2D eigenvalue weighted by Crippen LogP contribution is -2.11. The topological polar surface area (TPSA) is 77.5 Å². The molecule has 1 N–H and O–H groups in total. The van der Waals surface area contributed by atoms with Crippen LogP contribution in [0.5, 0.6) is 11.7 Å². The van der Waals surface area contributed by atoms with Crippen LogP contribution in [0.2, 0.25) is 10.0 Å². The van der Waals surface area contributed by atoms with Crippen molar-refractivity contribution in [2.75, 3.05) is 5.32 Å². The fourth-order valence-corrected chi connectivity index (χ4v) is 3.05. The standard InChI is InChI=1S/C19H12Cl2N2O4/c1-10-22-18-14(3-2-4-15(18)25-10)23-19(24)16-5-6-17(27-16)26-13-8-11(20)7-12(21)9-13/h2-9H,1H3,(H,23,24). The van der Waals surface area contributed by atoms with E-state index in [1.54, 1.807) is 43.3 Å². The van der Waals surface area contributed by atoms with Crippen molar-refractivity contribution in [2.45, 2.75) is 6.92 Å². The van der Waals surface area contributed by atoms with Gasteiger partial charge in [0, 0.05) is 23.0 Å². The molecule has 1 amide bonds. The monoisotopic (exact) mass is 402 g/mol. The fraction of sp³-hybridized carbons (Fsp3) is 0.0526. The number of anilines is 1. The highest BCUT2D eigenvalue weighted by atomic mass is 35.5. The lowest BCUT2D eigenvalue weighted by Gasteiger charge is -2.04. The number of carbonyl (C=O) groups excluding carboxylic acids is 1. The van der Waals surface area contributed by atoms with Crippen molar-refractivity contribution in [3.8, 4) is 11.7 Å². The molecule has 0 atom stereocenters. The summed E-state index contributed by atoms with van der Waals surface area (Å²) in [7, 11) is 0. The van der Waals surface area contributed by atoms with E-state index in [4.69, 9.17) is 36.8 Å². The summed E-state index contributed by atoms with van der Waals surface area (Å²) in [5.41, 5.74) is 1.68. The van der Waals surface area contributed by atoms with Gasteiger partial charge in [-0.05, 0) is 36.4 Å². The van der Waals surface area contributed by atoms with Crippen LogP contribution in [0, 0.1) is 6.92 Å². The molecule has 2 aromatic carbocycles. The number of hydrogen-bond acceptors (Lipinski definition) is 5. The molecule has 0 aliphatic rings. The minimum atomic E-state index is -0.442. The number of nitrogens with zero attached hydrogens (tertiary/aromatic N) is 1. The minimum absolute atomic E-state index is 0.0790. The van der Waals surface area contributed by atoms with Crippen LogP contribution < -0.4 is 10.1 Å².